The van der Waals surface area contributed by atoms with Crippen LogP contribution in [-0.4, -0.2) is 35.6 Å². The first-order valence-corrected chi connectivity index (χ1v) is 11.8. The zero-order valence-electron chi connectivity index (χ0n) is 19.5. The van der Waals surface area contributed by atoms with Crippen molar-refractivity contribution in [3.8, 4) is 12.1 Å². The number of benzene rings is 1. The molecule has 0 bridgehead atoms. The number of nitrogens with zero attached hydrogens (tertiary/aromatic N) is 5. The molecule has 0 aliphatic carbocycles. The number of carbonyl (C=O) groups excluding carboxylic acids is 1. The van der Waals surface area contributed by atoms with Crippen LogP contribution in [0, 0.1) is 22.7 Å². The summed E-state index contributed by atoms with van der Waals surface area (Å²) in [4.78, 5) is 31.6. The van der Waals surface area contributed by atoms with Crippen molar-refractivity contribution in [1.29, 1.82) is 10.5 Å². The predicted molar refractivity (Wildman–Crippen MR) is 137 cm³/mol. The summed E-state index contributed by atoms with van der Waals surface area (Å²) < 4.78 is 2.00. The molecule has 0 saturated carbocycles. The Morgan fingerprint density at radius 2 is 2.09 bits per heavy atom. The average molecular weight is 488 g/mol. The molecular weight excluding hydrogens is 462 g/mol. The van der Waals surface area contributed by atoms with E-state index < -0.39 is 5.91 Å². The van der Waals surface area contributed by atoms with Crippen molar-refractivity contribution in [3.05, 3.63) is 73.8 Å². The summed E-state index contributed by atoms with van der Waals surface area (Å²) in [6, 6.07) is 17.4. The third kappa shape index (κ3) is 6.34. The molecule has 3 rings (SSSR count). The van der Waals surface area contributed by atoms with E-state index in [-0.39, 0.29) is 22.3 Å². The number of hydrogen-bond donors (Lipinski definition) is 2. The van der Waals surface area contributed by atoms with Gasteiger partial charge in [-0.2, -0.15) is 10.5 Å². The molecule has 3 aromatic rings. The van der Waals surface area contributed by atoms with Gasteiger partial charge in [0.2, 0.25) is 0 Å². The SMILES string of the molecule is CCn1c(=C(C#N)C(=O)NCC#N)sc(=CNc2cccc(CCN(C)c3ccccn3)c2)c1=O. The summed E-state index contributed by atoms with van der Waals surface area (Å²) in [5, 5.41) is 23.7. The van der Waals surface area contributed by atoms with E-state index in [1.807, 2.05) is 55.6 Å². The van der Waals surface area contributed by atoms with E-state index in [1.165, 1.54) is 4.57 Å². The van der Waals surface area contributed by atoms with Gasteiger partial charge in [0.15, 0.2) is 5.57 Å². The molecule has 0 saturated heterocycles. The monoisotopic (exact) mass is 487 g/mol. The smallest absolute Gasteiger partial charge is 0.270 e. The minimum Gasteiger partial charge on any atom is -0.360 e. The highest BCUT2D eigenvalue weighted by Gasteiger charge is 2.14. The van der Waals surface area contributed by atoms with Crippen molar-refractivity contribution in [1.82, 2.24) is 14.9 Å². The lowest BCUT2D eigenvalue weighted by atomic mass is 10.1. The second-order valence-corrected chi connectivity index (χ2v) is 8.53. The van der Waals surface area contributed by atoms with Crippen LogP contribution >= 0.6 is 11.3 Å². The van der Waals surface area contributed by atoms with Crippen LogP contribution in [0.5, 0.6) is 0 Å². The van der Waals surface area contributed by atoms with E-state index in [1.54, 1.807) is 25.4 Å². The van der Waals surface area contributed by atoms with Crippen molar-refractivity contribution < 1.29 is 4.79 Å². The van der Waals surface area contributed by atoms with Gasteiger partial charge in [-0.05, 0) is 43.2 Å². The molecule has 0 atom stereocenters. The normalized spacial score (nSPS) is 11.8. The minimum absolute atomic E-state index is 0.192. The number of hydrogen-bond acceptors (Lipinski definition) is 8. The van der Waals surface area contributed by atoms with E-state index in [0.717, 1.165) is 41.4 Å². The van der Waals surface area contributed by atoms with Gasteiger partial charge in [-0.25, -0.2) is 4.98 Å². The highest BCUT2D eigenvalue weighted by Crippen LogP contribution is 2.13. The van der Waals surface area contributed by atoms with E-state index in [4.69, 9.17) is 5.26 Å². The molecule has 35 heavy (non-hydrogen) atoms. The molecule has 1 amide bonds. The molecule has 178 valence electrons. The summed E-state index contributed by atoms with van der Waals surface area (Å²) in [6.07, 6.45) is 4.17. The largest absolute Gasteiger partial charge is 0.360 e. The fraction of sp³-hybridized carbons (Fsp3) is 0.240. The summed E-state index contributed by atoms with van der Waals surface area (Å²) in [5.74, 6) is 0.228. The van der Waals surface area contributed by atoms with Crippen molar-refractivity contribution in [2.45, 2.75) is 19.9 Å². The zero-order chi connectivity index (χ0) is 25.2. The van der Waals surface area contributed by atoms with Crippen LogP contribution in [0.2, 0.25) is 0 Å². The highest BCUT2D eigenvalue weighted by molar-refractivity contribution is 7.07. The molecule has 0 radical (unpaired) electrons. The third-order valence-electron chi connectivity index (χ3n) is 5.18. The van der Waals surface area contributed by atoms with Crippen LogP contribution in [0.1, 0.15) is 12.5 Å². The summed E-state index contributed by atoms with van der Waals surface area (Å²) in [5.41, 5.74) is 1.45. The van der Waals surface area contributed by atoms with Gasteiger partial charge in [-0.1, -0.05) is 18.2 Å². The fourth-order valence-electron chi connectivity index (χ4n) is 3.35. The van der Waals surface area contributed by atoms with Gasteiger partial charge >= 0.3 is 0 Å². The van der Waals surface area contributed by atoms with Crippen molar-refractivity contribution in [3.63, 3.8) is 0 Å². The molecule has 0 fully saturated rings. The summed E-state index contributed by atoms with van der Waals surface area (Å²) in [7, 11) is 2.00. The number of likely N-dealkylation sites (N-methyl/N-ethyl adjacent to an activating group) is 1. The molecule has 2 aromatic heterocycles. The topological polar surface area (TPSA) is 127 Å². The predicted octanol–water partition coefficient (Wildman–Crippen LogP) is 1.17. The summed E-state index contributed by atoms with van der Waals surface area (Å²) >= 11 is 1.06. The lowest BCUT2D eigenvalue weighted by molar-refractivity contribution is -0.115. The Hall–Kier alpha value is -4.41. The molecule has 0 unspecified atom stereocenters. The first kappa shape index (κ1) is 25.2. The molecule has 2 heterocycles. The number of nitrogens with one attached hydrogen (secondary N) is 2. The molecule has 1 aromatic carbocycles. The van der Waals surface area contributed by atoms with Crippen LogP contribution in [0.3, 0.4) is 0 Å². The van der Waals surface area contributed by atoms with Gasteiger partial charge in [0.1, 0.15) is 27.6 Å². The highest BCUT2D eigenvalue weighted by atomic mass is 32.1. The molecule has 0 aliphatic heterocycles. The van der Waals surface area contributed by atoms with Crippen LogP contribution in [0.4, 0.5) is 11.5 Å². The summed E-state index contributed by atoms with van der Waals surface area (Å²) in [6.45, 7) is 2.64. The number of carbonyl (C=O) groups is 1. The number of pyridine rings is 1. The Bertz CT molecular complexity index is 1450. The van der Waals surface area contributed by atoms with Crippen molar-refractivity contribution in [2.75, 3.05) is 30.4 Å². The van der Waals surface area contributed by atoms with Gasteiger partial charge in [0, 0.05) is 38.2 Å². The number of aromatic nitrogens is 2. The Balaban J connectivity index is 1.82. The molecular formula is C25H25N7O2S. The second-order valence-electron chi connectivity index (χ2n) is 7.50. The lowest BCUT2D eigenvalue weighted by Gasteiger charge is -2.18. The Morgan fingerprint density at radius 3 is 2.77 bits per heavy atom. The van der Waals surface area contributed by atoms with Gasteiger partial charge in [0.25, 0.3) is 11.5 Å². The first-order valence-electron chi connectivity index (χ1n) is 11.0. The molecule has 9 nitrogen and oxygen atoms in total. The van der Waals surface area contributed by atoms with Crippen LogP contribution in [0.25, 0.3) is 11.8 Å². The fourth-order valence-corrected chi connectivity index (χ4v) is 4.44. The van der Waals surface area contributed by atoms with Crippen LogP contribution < -0.4 is 30.3 Å². The quantitative estimate of drug-likeness (QED) is 0.434. The van der Waals surface area contributed by atoms with Gasteiger partial charge in [-0.3, -0.25) is 14.2 Å². The zero-order valence-corrected chi connectivity index (χ0v) is 20.3. The Labute approximate surface area is 206 Å². The van der Waals surface area contributed by atoms with Gasteiger partial charge < -0.3 is 15.5 Å². The second kappa shape index (κ2) is 12.2. The maximum absolute atomic E-state index is 12.9. The standard InChI is InChI=1S/C25H25N7O2S/c1-3-32-24(34)21(35-25(32)20(16-27)23(33)29-13-11-26)17-30-19-8-6-7-18(15-19)10-14-31(2)22-9-4-5-12-28-22/h4-9,12,15,17,30H,3,10,13-14H2,1-2H3,(H,29,33). The Kier molecular flexibility index (Phi) is 8.76. The number of thiazole rings is 1. The van der Waals surface area contributed by atoms with Gasteiger partial charge in [0.05, 0.1) is 6.07 Å². The first-order chi connectivity index (χ1) is 17.0. The van der Waals surface area contributed by atoms with Crippen LogP contribution in [-0.2, 0) is 17.8 Å². The average Bonchev–Trinajstić information content (AvgIpc) is 3.20. The number of rotatable bonds is 9. The maximum Gasteiger partial charge on any atom is 0.270 e. The van der Waals surface area contributed by atoms with E-state index >= 15 is 0 Å². The maximum atomic E-state index is 12.9. The molecule has 10 heteroatoms. The van der Waals surface area contributed by atoms with E-state index in [2.05, 4.69) is 20.5 Å². The third-order valence-corrected chi connectivity index (χ3v) is 6.31. The van der Waals surface area contributed by atoms with Crippen LogP contribution in [0.15, 0.2) is 53.5 Å². The number of anilines is 2. The van der Waals surface area contributed by atoms with E-state index in [9.17, 15) is 14.9 Å². The number of nitriles is 2. The van der Waals surface area contributed by atoms with Crippen molar-refractivity contribution >= 4 is 40.5 Å². The van der Waals surface area contributed by atoms with Gasteiger partial charge in [-0.15, -0.1) is 11.3 Å². The molecule has 2 N–H and O–H groups in total. The lowest BCUT2D eigenvalue weighted by Crippen LogP contribution is -2.34. The van der Waals surface area contributed by atoms with Crippen molar-refractivity contribution in [2.24, 2.45) is 0 Å². The molecule has 0 aliphatic rings. The van der Waals surface area contributed by atoms with E-state index in [0.29, 0.717) is 11.1 Å². The Morgan fingerprint density at radius 1 is 1.26 bits per heavy atom. The molecule has 0 spiro atoms. The minimum atomic E-state index is -0.680. The number of amides is 1.